The number of imide groups is 1. The lowest BCUT2D eigenvalue weighted by atomic mass is 9.96. The van der Waals surface area contributed by atoms with E-state index in [1.165, 1.54) is 13.3 Å². The molecule has 0 radical (unpaired) electrons. The Bertz CT molecular complexity index is 933. The van der Waals surface area contributed by atoms with Gasteiger partial charge in [0.2, 0.25) is 0 Å². The van der Waals surface area contributed by atoms with Gasteiger partial charge in [0.05, 0.1) is 17.8 Å². The van der Waals surface area contributed by atoms with Gasteiger partial charge in [0.1, 0.15) is 0 Å². The van der Waals surface area contributed by atoms with Crippen molar-refractivity contribution >= 4 is 17.9 Å². The molecule has 1 heterocycles. The number of aryl methyl sites for hydroxylation is 1. The van der Waals surface area contributed by atoms with Gasteiger partial charge in [-0.05, 0) is 45.7 Å². The third-order valence-electron chi connectivity index (χ3n) is 5.62. The number of esters is 1. The molecule has 1 aromatic carbocycles. The average molecular weight is 427 g/mol. The predicted octanol–water partition coefficient (Wildman–Crippen LogP) is 3.12. The molecule has 3 rings (SSSR count). The standard InChI is InChI=1S/C23H30N4O4/c1-15-20(16(2)27(26-15)19-12-8-5-9-13-19)14-21(28)31-17(3)22(29)25-23(30)24-18-10-6-4-7-11-18/h5,8-9,12-13,17-18H,4,6-7,10-11,14H2,1-3H3,(H2,24,25,29,30)/t17-/m1/s1. The molecule has 3 amide bonds. The molecule has 2 aromatic rings. The number of carbonyl (C=O) groups excluding carboxylic acids is 3. The van der Waals surface area contributed by atoms with Crippen molar-refractivity contribution in [2.24, 2.45) is 0 Å². The smallest absolute Gasteiger partial charge is 0.321 e. The Morgan fingerprint density at radius 1 is 1.13 bits per heavy atom. The van der Waals surface area contributed by atoms with E-state index in [0.29, 0.717) is 0 Å². The fourth-order valence-corrected chi connectivity index (χ4v) is 3.87. The first-order chi connectivity index (χ1) is 14.8. The van der Waals surface area contributed by atoms with Crippen molar-refractivity contribution in [2.45, 2.75) is 71.4 Å². The highest BCUT2D eigenvalue weighted by molar-refractivity contribution is 5.97. The summed E-state index contributed by atoms with van der Waals surface area (Å²) in [4.78, 5) is 36.7. The van der Waals surface area contributed by atoms with E-state index in [-0.39, 0.29) is 12.5 Å². The van der Waals surface area contributed by atoms with Crippen LogP contribution in [0, 0.1) is 13.8 Å². The summed E-state index contributed by atoms with van der Waals surface area (Å²) in [6.07, 6.45) is 4.09. The van der Waals surface area contributed by atoms with Crippen molar-refractivity contribution in [2.75, 3.05) is 0 Å². The quantitative estimate of drug-likeness (QED) is 0.691. The van der Waals surface area contributed by atoms with Crippen LogP contribution >= 0.6 is 0 Å². The zero-order chi connectivity index (χ0) is 22.4. The van der Waals surface area contributed by atoms with Gasteiger partial charge in [-0.15, -0.1) is 0 Å². The summed E-state index contributed by atoms with van der Waals surface area (Å²) in [5, 5.41) is 9.59. The Hall–Kier alpha value is -3.16. The van der Waals surface area contributed by atoms with Crippen molar-refractivity contribution in [1.82, 2.24) is 20.4 Å². The first-order valence-corrected chi connectivity index (χ1v) is 10.8. The van der Waals surface area contributed by atoms with Crippen LogP contribution in [0.5, 0.6) is 0 Å². The van der Waals surface area contributed by atoms with Crippen LogP contribution in [0.1, 0.15) is 56.0 Å². The third kappa shape index (κ3) is 5.93. The highest BCUT2D eigenvalue weighted by atomic mass is 16.5. The second-order valence-corrected chi connectivity index (χ2v) is 8.00. The number of para-hydroxylation sites is 1. The Labute approximate surface area is 182 Å². The monoisotopic (exact) mass is 426 g/mol. The number of benzene rings is 1. The maximum Gasteiger partial charge on any atom is 0.321 e. The van der Waals surface area contributed by atoms with Gasteiger partial charge in [0, 0.05) is 17.3 Å². The number of hydrogen-bond acceptors (Lipinski definition) is 5. The molecule has 0 bridgehead atoms. The van der Waals surface area contributed by atoms with Gasteiger partial charge in [-0.3, -0.25) is 14.9 Å². The molecule has 0 saturated heterocycles. The fraction of sp³-hybridized carbons (Fsp3) is 0.478. The molecule has 2 N–H and O–H groups in total. The van der Waals surface area contributed by atoms with Crippen molar-refractivity contribution < 1.29 is 19.1 Å². The van der Waals surface area contributed by atoms with Crippen LogP contribution in [-0.4, -0.2) is 39.8 Å². The van der Waals surface area contributed by atoms with Crippen LogP contribution in [0.4, 0.5) is 4.79 Å². The zero-order valence-corrected chi connectivity index (χ0v) is 18.3. The minimum atomic E-state index is -1.07. The Balaban J connectivity index is 1.53. The molecule has 1 aromatic heterocycles. The second-order valence-electron chi connectivity index (χ2n) is 8.00. The third-order valence-corrected chi connectivity index (χ3v) is 5.62. The van der Waals surface area contributed by atoms with Gasteiger partial charge < -0.3 is 10.1 Å². The number of urea groups is 1. The molecule has 1 atom stereocenters. The number of carbonyl (C=O) groups is 3. The van der Waals surface area contributed by atoms with Crippen molar-refractivity contribution in [1.29, 1.82) is 0 Å². The summed E-state index contributed by atoms with van der Waals surface area (Å²) in [5.41, 5.74) is 3.22. The summed E-state index contributed by atoms with van der Waals surface area (Å²) in [5.74, 6) is -1.19. The van der Waals surface area contributed by atoms with Gasteiger partial charge in [0.15, 0.2) is 6.10 Å². The number of amides is 3. The number of rotatable bonds is 6. The number of nitrogens with zero attached hydrogens (tertiary/aromatic N) is 2. The molecule has 1 aliphatic carbocycles. The Morgan fingerprint density at radius 3 is 2.48 bits per heavy atom. The van der Waals surface area contributed by atoms with E-state index in [2.05, 4.69) is 15.7 Å². The molecule has 1 aliphatic rings. The SMILES string of the molecule is Cc1nn(-c2ccccc2)c(C)c1CC(=O)O[C@H](C)C(=O)NC(=O)NC1CCCCC1. The van der Waals surface area contributed by atoms with Crippen LogP contribution in [0.25, 0.3) is 5.69 Å². The molecule has 1 saturated carbocycles. The molecule has 31 heavy (non-hydrogen) atoms. The number of hydrogen-bond donors (Lipinski definition) is 2. The van der Waals surface area contributed by atoms with E-state index in [4.69, 9.17) is 4.74 Å². The van der Waals surface area contributed by atoms with Crippen molar-refractivity contribution in [3.63, 3.8) is 0 Å². The van der Waals surface area contributed by atoms with E-state index in [1.54, 1.807) is 4.68 Å². The number of aromatic nitrogens is 2. The van der Waals surface area contributed by atoms with Gasteiger partial charge in [-0.2, -0.15) is 5.10 Å². The molecule has 0 unspecified atom stereocenters. The van der Waals surface area contributed by atoms with Gasteiger partial charge >= 0.3 is 12.0 Å². The van der Waals surface area contributed by atoms with Crippen LogP contribution in [0.2, 0.25) is 0 Å². The average Bonchev–Trinajstić information content (AvgIpc) is 3.03. The highest BCUT2D eigenvalue weighted by Gasteiger charge is 2.24. The predicted molar refractivity (Wildman–Crippen MR) is 116 cm³/mol. The van der Waals surface area contributed by atoms with Crippen LogP contribution in [-0.2, 0) is 20.7 Å². The molecule has 8 nitrogen and oxygen atoms in total. The van der Waals surface area contributed by atoms with Crippen LogP contribution < -0.4 is 10.6 Å². The Kier molecular flexibility index (Phi) is 7.44. The highest BCUT2D eigenvalue weighted by Crippen LogP contribution is 2.19. The second kappa shape index (κ2) is 10.2. The minimum absolute atomic E-state index is 0.00358. The van der Waals surface area contributed by atoms with Gasteiger partial charge in [0.25, 0.3) is 5.91 Å². The van der Waals surface area contributed by atoms with E-state index >= 15 is 0 Å². The van der Waals surface area contributed by atoms with Gasteiger partial charge in [-0.25, -0.2) is 9.48 Å². The maximum absolute atomic E-state index is 12.4. The zero-order valence-electron chi connectivity index (χ0n) is 18.3. The summed E-state index contributed by atoms with van der Waals surface area (Å²) in [7, 11) is 0. The normalized spacial score (nSPS) is 15.2. The largest absolute Gasteiger partial charge is 0.452 e. The lowest BCUT2D eigenvalue weighted by Gasteiger charge is -2.23. The lowest BCUT2D eigenvalue weighted by Crippen LogP contribution is -2.48. The molecule has 8 heteroatoms. The first-order valence-electron chi connectivity index (χ1n) is 10.8. The fourth-order valence-electron chi connectivity index (χ4n) is 3.87. The van der Waals surface area contributed by atoms with Crippen LogP contribution in [0.3, 0.4) is 0 Å². The number of ether oxygens (including phenoxy) is 1. The van der Waals surface area contributed by atoms with E-state index in [9.17, 15) is 14.4 Å². The summed E-state index contributed by atoms with van der Waals surface area (Å²) in [6.45, 7) is 5.18. The lowest BCUT2D eigenvalue weighted by molar-refractivity contribution is -0.153. The molecular formula is C23H30N4O4. The van der Waals surface area contributed by atoms with Gasteiger partial charge in [-0.1, -0.05) is 37.5 Å². The Morgan fingerprint density at radius 2 is 1.81 bits per heavy atom. The summed E-state index contributed by atoms with van der Waals surface area (Å²) < 4.78 is 7.05. The number of nitrogens with one attached hydrogen (secondary N) is 2. The molecule has 0 aliphatic heterocycles. The summed E-state index contributed by atoms with van der Waals surface area (Å²) in [6, 6.07) is 9.19. The van der Waals surface area contributed by atoms with E-state index in [0.717, 1.165) is 48.3 Å². The van der Waals surface area contributed by atoms with Crippen LogP contribution in [0.15, 0.2) is 30.3 Å². The summed E-state index contributed by atoms with van der Waals surface area (Å²) >= 11 is 0. The minimum Gasteiger partial charge on any atom is -0.452 e. The molecular weight excluding hydrogens is 396 g/mol. The topological polar surface area (TPSA) is 102 Å². The maximum atomic E-state index is 12.4. The molecule has 0 spiro atoms. The first kappa shape index (κ1) is 22.5. The van der Waals surface area contributed by atoms with E-state index in [1.807, 2.05) is 44.2 Å². The van der Waals surface area contributed by atoms with Crippen molar-refractivity contribution in [3.8, 4) is 5.69 Å². The molecule has 1 fully saturated rings. The van der Waals surface area contributed by atoms with Crippen molar-refractivity contribution in [3.05, 3.63) is 47.3 Å². The molecule has 166 valence electrons. The van der Waals surface area contributed by atoms with E-state index < -0.39 is 24.0 Å².